The molecule has 4 atom stereocenters. The van der Waals surface area contributed by atoms with Gasteiger partial charge in [-0.2, -0.15) is 0 Å². The number of alkyl carbamates (subject to hydrolysis) is 1. The zero-order valence-corrected chi connectivity index (χ0v) is 22.9. The van der Waals surface area contributed by atoms with Gasteiger partial charge in [-0.1, -0.05) is 30.3 Å². The number of benzene rings is 1. The molecule has 212 valence electrons. The average molecular weight is 537 g/mol. The van der Waals surface area contributed by atoms with Gasteiger partial charge in [-0.15, -0.1) is 0 Å². The molecule has 0 aliphatic rings. The Morgan fingerprint density at radius 2 is 1.55 bits per heavy atom. The highest BCUT2D eigenvalue weighted by Gasteiger charge is 2.26. The number of hydrogen-bond donors (Lipinski definition) is 4. The highest BCUT2D eigenvalue weighted by molar-refractivity contribution is 5.92. The molecule has 38 heavy (non-hydrogen) atoms. The predicted octanol–water partition coefficient (Wildman–Crippen LogP) is 1.30. The zero-order valence-electron chi connectivity index (χ0n) is 22.9. The standard InChI is InChI=1S/C26H40N4O8/c1-16(28-25(35)38-26(4,5)6)14-36-18(3)24(34)29-17(2)23(33)30-20(22(27)32)12-13-21(31)37-15-19-10-8-7-9-11-19/h7-11,16-18,20H,12-15H2,1-6H3,(H2,27,32)(H,28,35)(H,29,34)(H,30,33)/t16-,17-,18+,20+/m0/s1. The van der Waals surface area contributed by atoms with Crippen LogP contribution in [-0.4, -0.2) is 66.2 Å². The molecule has 0 aliphatic heterocycles. The number of nitrogens with two attached hydrogens (primary N) is 1. The van der Waals surface area contributed by atoms with Crippen LogP contribution < -0.4 is 21.7 Å². The first-order valence-corrected chi connectivity index (χ1v) is 12.4. The van der Waals surface area contributed by atoms with E-state index in [4.69, 9.17) is 19.9 Å². The zero-order chi connectivity index (χ0) is 28.9. The van der Waals surface area contributed by atoms with Crippen LogP contribution in [0.3, 0.4) is 0 Å². The van der Waals surface area contributed by atoms with Gasteiger partial charge in [0, 0.05) is 6.42 Å². The minimum Gasteiger partial charge on any atom is -0.461 e. The van der Waals surface area contributed by atoms with E-state index in [2.05, 4.69) is 16.0 Å². The third-order valence-electron chi connectivity index (χ3n) is 5.02. The maximum atomic E-state index is 12.5. The largest absolute Gasteiger partial charge is 0.461 e. The molecule has 4 amide bonds. The van der Waals surface area contributed by atoms with Crippen molar-refractivity contribution in [2.45, 2.75) is 90.8 Å². The number of carbonyl (C=O) groups excluding carboxylic acids is 5. The quantitative estimate of drug-likeness (QED) is 0.257. The van der Waals surface area contributed by atoms with Crippen LogP contribution in [0.2, 0.25) is 0 Å². The Morgan fingerprint density at radius 3 is 2.13 bits per heavy atom. The first-order valence-electron chi connectivity index (χ1n) is 12.4. The number of ether oxygens (including phenoxy) is 3. The average Bonchev–Trinajstić information content (AvgIpc) is 2.82. The van der Waals surface area contributed by atoms with Gasteiger partial charge in [0.2, 0.25) is 17.7 Å². The highest BCUT2D eigenvalue weighted by Crippen LogP contribution is 2.07. The number of hydrogen-bond acceptors (Lipinski definition) is 8. The fourth-order valence-corrected chi connectivity index (χ4v) is 2.97. The van der Waals surface area contributed by atoms with Crippen molar-refractivity contribution in [3.63, 3.8) is 0 Å². The van der Waals surface area contributed by atoms with Gasteiger partial charge in [0.05, 0.1) is 12.6 Å². The van der Waals surface area contributed by atoms with Crippen LogP contribution in [-0.2, 0) is 40.0 Å². The van der Waals surface area contributed by atoms with E-state index in [-0.39, 0.29) is 26.1 Å². The van der Waals surface area contributed by atoms with E-state index in [1.165, 1.54) is 13.8 Å². The molecule has 0 saturated carbocycles. The maximum absolute atomic E-state index is 12.5. The highest BCUT2D eigenvalue weighted by atomic mass is 16.6. The summed E-state index contributed by atoms with van der Waals surface area (Å²) in [5, 5.41) is 7.53. The Balaban J connectivity index is 2.44. The number of esters is 1. The molecule has 0 unspecified atom stereocenters. The second kappa shape index (κ2) is 15.6. The molecule has 12 heteroatoms. The topological polar surface area (TPSA) is 175 Å². The van der Waals surface area contributed by atoms with Gasteiger partial charge in [-0.05, 0) is 53.5 Å². The lowest BCUT2D eigenvalue weighted by Gasteiger charge is -2.23. The summed E-state index contributed by atoms with van der Waals surface area (Å²) in [5.74, 6) is -2.60. The molecule has 0 aromatic heterocycles. The summed E-state index contributed by atoms with van der Waals surface area (Å²) in [7, 11) is 0. The Bertz CT molecular complexity index is 948. The van der Waals surface area contributed by atoms with E-state index in [1.807, 2.05) is 30.3 Å². The van der Waals surface area contributed by atoms with Gasteiger partial charge in [0.25, 0.3) is 0 Å². The Hall–Kier alpha value is -3.67. The van der Waals surface area contributed by atoms with Gasteiger partial charge in [0.15, 0.2) is 0 Å². The van der Waals surface area contributed by atoms with Crippen LogP contribution in [0, 0.1) is 0 Å². The fourth-order valence-electron chi connectivity index (χ4n) is 2.97. The predicted molar refractivity (Wildman–Crippen MR) is 138 cm³/mol. The number of amides is 4. The van der Waals surface area contributed by atoms with Crippen molar-refractivity contribution in [2.24, 2.45) is 5.73 Å². The Labute approximate surface area is 223 Å². The number of nitrogens with one attached hydrogen (secondary N) is 3. The molecule has 0 spiro atoms. The van der Waals surface area contributed by atoms with Gasteiger partial charge in [-0.25, -0.2) is 4.79 Å². The van der Waals surface area contributed by atoms with E-state index in [9.17, 15) is 24.0 Å². The van der Waals surface area contributed by atoms with E-state index < -0.39 is 59.6 Å². The second-order valence-electron chi connectivity index (χ2n) is 9.90. The molecule has 1 aromatic carbocycles. The molecule has 1 aromatic rings. The van der Waals surface area contributed by atoms with Crippen molar-refractivity contribution in [1.82, 2.24) is 16.0 Å². The molecular weight excluding hydrogens is 496 g/mol. The molecular formula is C26H40N4O8. The summed E-state index contributed by atoms with van der Waals surface area (Å²) in [6.07, 6.45) is -1.73. The molecule has 0 bridgehead atoms. The lowest BCUT2D eigenvalue weighted by atomic mass is 10.1. The Kier molecular flexibility index (Phi) is 13.2. The minimum atomic E-state index is -1.13. The summed E-state index contributed by atoms with van der Waals surface area (Å²) in [4.78, 5) is 60.6. The molecule has 12 nitrogen and oxygen atoms in total. The van der Waals surface area contributed by atoms with Crippen molar-refractivity contribution in [1.29, 1.82) is 0 Å². The first-order chi connectivity index (χ1) is 17.7. The van der Waals surface area contributed by atoms with Gasteiger partial charge < -0.3 is 35.9 Å². The molecule has 0 saturated heterocycles. The SMILES string of the molecule is C[C@H](NC(=O)[C@@H](C)OC[C@H](C)NC(=O)OC(C)(C)C)C(=O)N[C@H](CCC(=O)OCc1ccccc1)C(N)=O. The van der Waals surface area contributed by atoms with Crippen LogP contribution in [0.1, 0.15) is 59.9 Å². The molecule has 0 fully saturated rings. The normalized spacial score (nSPS) is 14.3. The minimum absolute atomic E-state index is 0.0263. The monoisotopic (exact) mass is 536 g/mol. The molecule has 5 N–H and O–H groups in total. The Morgan fingerprint density at radius 1 is 0.921 bits per heavy atom. The summed E-state index contributed by atoms with van der Waals surface area (Å²) in [6.45, 7) is 9.95. The molecule has 1 rings (SSSR count). The fraction of sp³-hybridized carbons (Fsp3) is 0.577. The van der Waals surface area contributed by atoms with Gasteiger partial charge >= 0.3 is 12.1 Å². The molecule has 0 radical (unpaired) electrons. The summed E-state index contributed by atoms with van der Waals surface area (Å²) < 4.78 is 15.8. The third-order valence-corrected chi connectivity index (χ3v) is 5.02. The number of carbonyl (C=O) groups is 5. The second-order valence-corrected chi connectivity index (χ2v) is 9.90. The van der Waals surface area contributed by atoms with Crippen molar-refractivity contribution < 1.29 is 38.2 Å². The van der Waals surface area contributed by atoms with Crippen LogP contribution >= 0.6 is 0 Å². The van der Waals surface area contributed by atoms with Crippen molar-refractivity contribution in [3.05, 3.63) is 35.9 Å². The summed E-state index contributed by atoms with van der Waals surface area (Å²) in [5.41, 5.74) is 5.54. The number of primary amides is 1. The van der Waals surface area contributed by atoms with Gasteiger partial charge in [0.1, 0.15) is 30.4 Å². The summed E-state index contributed by atoms with van der Waals surface area (Å²) in [6, 6.07) is 6.52. The smallest absolute Gasteiger partial charge is 0.407 e. The number of rotatable bonds is 14. The first kappa shape index (κ1) is 32.4. The summed E-state index contributed by atoms with van der Waals surface area (Å²) >= 11 is 0. The van der Waals surface area contributed by atoms with Crippen LogP contribution in [0.5, 0.6) is 0 Å². The molecule has 0 aliphatic carbocycles. The van der Waals surface area contributed by atoms with Crippen LogP contribution in [0.4, 0.5) is 4.79 Å². The molecule has 0 heterocycles. The van der Waals surface area contributed by atoms with Gasteiger partial charge in [-0.3, -0.25) is 19.2 Å². The third kappa shape index (κ3) is 13.6. The van der Waals surface area contributed by atoms with Crippen LogP contribution in [0.25, 0.3) is 0 Å². The lowest BCUT2D eigenvalue weighted by Crippen LogP contribution is -2.53. The van der Waals surface area contributed by atoms with E-state index in [1.54, 1.807) is 27.7 Å². The van der Waals surface area contributed by atoms with Crippen molar-refractivity contribution >= 4 is 29.8 Å². The van der Waals surface area contributed by atoms with Crippen molar-refractivity contribution in [2.75, 3.05) is 6.61 Å². The lowest BCUT2D eigenvalue weighted by molar-refractivity contribution is -0.145. The van der Waals surface area contributed by atoms with E-state index in [0.29, 0.717) is 0 Å². The van der Waals surface area contributed by atoms with E-state index >= 15 is 0 Å². The van der Waals surface area contributed by atoms with E-state index in [0.717, 1.165) is 5.56 Å². The maximum Gasteiger partial charge on any atom is 0.407 e. The van der Waals surface area contributed by atoms with Crippen molar-refractivity contribution in [3.8, 4) is 0 Å². The van der Waals surface area contributed by atoms with Crippen LogP contribution in [0.15, 0.2) is 30.3 Å².